The normalized spacial score (nSPS) is 11.5. The molecule has 0 saturated heterocycles. The smallest absolute Gasteiger partial charge is 0.255 e. The molecular formula is C26H18F2N4O2. The lowest BCUT2D eigenvalue weighted by atomic mass is 9.88. The van der Waals surface area contributed by atoms with E-state index in [-0.39, 0.29) is 23.1 Å². The van der Waals surface area contributed by atoms with Crippen molar-refractivity contribution in [2.75, 3.05) is 0 Å². The highest BCUT2D eigenvalue weighted by atomic mass is 19.1. The molecule has 0 saturated carbocycles. The Morgan fingerprint density at radius 2 is 2.03 bits per heavy atom. The van der Waals surface area contributed by atoms with Crippen molar-refractivity contribution in [3.63, 3.8) is 0 Å². The predicted octanol–water partition coefficient (Wildman–Crippen LogP) is 3.19. The predicted molar refractivity (Wildman–Crippen MR) is 124 cm³/mol. The second-order valence-corrected chi connectivity index (χ2v) is 7.56. The molecule has 3 N–H and O–H groups in total. The number of H-pyrrole nitrogens is 1. The van der Waals surface area contributed by atoms with Gasteiger partial charge in [-0.15, -0.1) is 6.42 Å². The van der Waals surface area contributed by atoms with E-state index in [2.05, 4.69) is 27.7 Å². The number of hydrogen-bond acceptors (Lipinski definition) is 3. The minimum Gasteiger partial charge on any atom is -0.366 e. The van der Waals surface area contributed by atoms with Crippen LogP contribution in [0, 0.1) is 35.8 Å². The molecule has 3 aromatic heterocycles. The number of amides is 1. The molecule has 1 amide bonds. The van der Waals surface area contributed by atoms with Gasteiger partial charge in [-0.3, -0.25) is 9.59 Å². The van der Waals surface area contributed by atoms with E-state index < -0.39 is 29.0 Å². The van der Waals surface area contributed by atoms with E-state index in [1.54, 1.807) is 18.3 Å². The number of aromatic nitrogens is 3. The minimum absolute atomic E-state index is 0.0171. The summed E-state index contributed by atoms with van der Waals surface area (Å²) in [5.41, 5.74) is 6.56. The van der Waals surface area contributed by atoms with Crippen molar-refractivity contribution in [3.05, 3.63) is 98.7 Å². The Balaban J connectivity index is 1.85. The van der Waals surface area contributed by atoms with Crippen LogP contribution in [0.4, 0.5) is 8.78 Å². The molecule has 0 bridgehead atoms. The maximum Gasteiger partial charge on any atom is 0.255 e. The van der Waals surface area contributed by atoms with Crippen molar-refractivity contribution >= 4 is 16.9 Å². The molecule has 0 radical (unpaired) electrons. The Hall–Kier alpha value is -4.69. The average Bonchev–Trinajstić information content (AvgIpc) is 3.30. The van der Waals surface area contributed by atoms with Gasteiger partial charge in [0.2, 0.25) is 0 Å². The van der Waals surface area contributed by atoms with Crippen molar-refractivity contribution in [2.24, 2.45) is 12.8 Å². The molecule has 0 aliphatic carbocycles. The first-order valence-corrected chi connectivity index (χ1v) is 10.2. The topological polar surface area (TPSA) is 93.8 Å². The summed E-state index contributed by atoms with van der Waals surface area (Å²) in [4.78, 5) is 32.0. The molecule has 3 heterocycles. The van der Waals surface area contributed by atoms with Crippen molar-refractivity contribution in [2.45, 2.75) is 12.3 Å². The van der Waals surface area contributed by atoms with Crippen molar-refractivity contribution in [1.29, 1.82) is 0 Å². The lowest BCUT2D eigenvalue weighted by Crippen LogP contribution is -2.25. The summed E-state index contributed by atoms with van der Waals surface area (Å²) in [5, 5.41) is 0.589. The van der Waals surface area contributed by atoms with Crippen LogP contribution in [0.15, 0.2) is 53.6 Å². The number of hydrogen-bond donors (Lipinski definition) is 2. The van der Waals surface area contributed by atoms with Gasteiger partial charge >= 0.3 is 0 Å². The van der Waals surface area contributed by atoms with Gasteiger partial charge in [0.25, 0.3) is 11.5 Å². The van der Waals surface area contributed by atoms with E-state index in [1.807, 2.05) is 0 Å². The fourth-order valence-electron chi connectivity index (χ4n) is 3.80. The number of carbonyl (C=O) groups excluding carboxylic acids is 1. The molecule has 4 rings (SSSR count). The maximum absolute atomic E-state index is 14.7. The number of primary amides is 1. The maximum atomic E-state index is 14.7. The number of pyridine rings is 2. The van der Waals surface area contributed by atoms with Crippen LogP contribution in [0.2, 0.25) is 0 Å². The number of halogens is 2. The fourth-order valence-corrected chi connectivity index (χ4v) is 3.80. The molecule has 168 valence electrons. The van der Waals surface area contributed by atoms with Crippen LogP contribution in [0.1, 0.15) is 45.1 Å². The van der Waals surface area contributed by atoms with Crippen LogP contribution in [0.3, 0.4) is 0 Å². The summed E-state index contributed by atoms with van der Waals surface area (Å²) < 4.78 is 30.0. The second kappa shape index (κ2) is 9.05. The summed E-state index contributed by atoms with van der Waals surface area (Å²) in [6.07, 6.45) is 8.36. The van der Waals surface area contributed by atoms with E-state index in [4.69, 9.17) is 12.2 Å². The zero-order valence-corrected chi connectivity index (χ0v) is 18.0. The molecule has 4 aromatic rings. The van der Waals surface area contributed by atoms with E-state index in [1.165, 1.54) is 23.9 Å². The first-order chi connectivity index (χ1) is 16.3. The molecule has 0 aliphatic rings. The number of nitrogens with one attached hydrogen (secondary N) is 1. The Bertz CT molecular complexity index is 1600. The third-order valence-electron chi connectivity index (χ3n) is 5.56. The van der Waals surface area contributed by atoms with E-state index in [9.17, 15) is 18.4 Å². The summed E-state index contributed by atoms with van der Waals surface area (Å²) in [5.74, 6) is 5.32. The largest absolute Gasteiger partial charge is 0.366 e. The Morgan fingerprint density at radius 1 is 1.24 bits per heavy atom. The summed E-state index contributed by atoms with van der Waals surface area (Å²) in [6.45, 7) is 0. The van der Waals surface area contributed by atoms with E-state index in [0.29, 0.717) is 22.3 Å². The highest BCUT2D eigenvalue weighted by Gasteiger charge is 2.22. The van der Waals surface area contributed by atoms with Gasteiger partial charge in [0.15, 0.2) is 0 Å². The number of benzene rings is 1. The Labute approximate surface area is 193 Å². The van der Waals surface area contributed by atoms with Crippen LogP contribution in [0.5, 0.6) is 0 Å². The van der Waals surface area contributed by atoms with Gasteiger partial charge in [-0.1, -0.05) is 23.8 Å². The number of aromatic amines is 1. The van der Waals surface area contributed by atoms with Gasteiger partial charge in [-0.2, -0.15) is 0 Å². The molecule has 0 spiro atoms. The monoisotopic (exact) mass is 456 g/mol. The number of nitrogens with two attached hydrogens (primary N) is 1. The van der Waals surface area contributed by atoms with Crippen molar-refractivity contribution in [3.8, 4) is 24.2 Å². The van der Waals surface area contributed by atoms with Crippen LogP contribution >= 0.6 is 0 Å². The van der Waals surface area contributed by atoms with Gasteiger partial charge in [0.05, 0.1) is 11.3 Å². The average molecular weight is 456 g/mol. The molecule has 34 heavy (non-hydrogen) atoms. The lowest BCUT2D eigenvalue weighted by Gasteiger charge is -2.17. The van der Waals surface area contributed by atoms with Crippen molar-refractivity contribution < 1.29 is 13.6 Å². The second-order valence-electron chi connectivity index (χ2n) is 7.56. The van der Waals surface area contributed by atoms with Gasteiger partial charge in [0, 0.05) is 48.3 Å². The first kappa shape index (κ1) is 22.5. The van der Waals surface area contributed by atoms with E-state index in [0.717, 1.165) is 18.2 Å². The van der Waals surface area contributed by atoms with Crippen molar-refractivity contribution in [1.82, 2.24) is 14.5 Å². The Morgan fingerprint density at radius 3 is 2.76 bits per heavy atom. The highest BCUT2D eigenvalue weighted by Crippen LogP contribution is 2.29. The molecule has 1 unspecified atom stereocenters. The fraction of sp³-hybridized carbons (Fsp3) is 0.115. The third-order valence-corrected chi connectivity index (χ3v) is 5.56. The molecule has 1 aromatic carbocycles. The van der Waals surface area contributed by atoms with Crippen LogP contribution in [-0.2, 0) is 7.05 Å². The van der Waals surface area contributed by atoms with Gasteiger partial charge < -0.3 is 15.3 Å². The van der Waals surface area contributed by atoms with E-state index >= 15 is 0 Å². The van der Waals surface area contributed by atoms with Crippen LogP contribution in [0.25, 0.3) is 11.0 Å². The molecule has 6 nitrogen and oxygen atoms in total. The summed E-state index contributed by atoms with van der Waals surface area (Å²) in [6, 6.07) is 7.81. The Kier molecular flexibility index (Phi) is 5.99. The molecule has 8 heteroatoms. The SMILES string of the molecule is C#Cc1ccc(C(CC#Cc2c(C(N)=O)cnc3[nH]ccc23)c2cc(F)ccc2F)c(=O)n1C. The molecule has 0 fully saturated rings. The van der Waals surface area contributed by atoms with Crippen LogP contribution in [-0.4, -0.2) is 20.4 Å². The number of rotatable bonds is 4. The zero-order chi connectivity index (χ0) is 24.4. The number of nitrogens with zero attached hydrogens (tertiary/aromatic N) is 2. The minimum atomic E-state index is -0.894. The standard InChI is InChI=1S/C26H18F2N4O2/c1-3-16-8-9-20(26(34)32(16)2)18(21-13-15(27)7-10-23(21)28)6-4-5-17-19-11-12-30-25(19)31-14-22(17)24(29)33/h1,7-14,18H,6H2,2H3,(H2,29,33)(H,30,31). The lowest BCUT2D eigenvalue weighted by molar-refractivity contribution is 0.1000. The molecule has 1 atom stereocenters. The molecular weight excluding hydrogens is 438 g/mol. The number of terminal acetylenes is 1. The first-order valence-electron chi connectivity index (χ1n) is 10.2. The van der Waals surface area contributed by atoms with Gasteiger partial charge in [-0.05, 0) is 35.9 Å². The zero-order valence-electron chi connectivity index (χ0n) is 18.0. The van der Waals surface area contributed by atoms with Crippen LogP contribution < -0.4 is 11.3 Å². The van der Waals surface area contributed by atoms with Gasteiger partial charge in [-0.25, -0.2) is 13.8 Å². The number of carbonyl (C=O) groups is 1. The molecule has 0 aliphatic heterocycles. The van der Waals surface area contributed by atoms with Gasteiger partial charge in [0.1, 0.15) is 17.3 Å². The third kappa shape index (κ3) is 4.05. The quantitative estimate of drug-likeness (QED) is 0.462. The summed E-state index contributed by atoms with van der Waals surface area (Å²) >= 11 is 0. The highest BCUT2D eigenvalue weighted by molar-refractivity contribution is 6.00. The summed E-state index contributed by atoms with van der Waals surface area (Å²) in [7, 11) is 1.50. The number of fused-ring (bicyclic) bond motifs is 1.